The lowest BCUT2D eigenvalue weighted by Gasteiger charge is -2.12. The Kier molecular flexibility index (Phi) is 11.1. The Morgan fingerprint density at radius 1 is 0.871 bits per heavy atom. The van der Waals surface area contributed by atoms with E-state index in [0.717, 1.165) is 12.8 Å². The van der Waals surface area contributed by atoms with Gasteiger partial charge in [-0.3, -0.25) is 4.79 Å². The zero-order valence-electron chi connectivity index (χ0n) is 18.4. The molecule has 0 spiro atoms. The van der Waals surface area contributed by atoms with Gasteiger partial charge in [-0.15, -0.1) is 0 Å². The van der Waals surface area contributed by atoms with Crippen LogP contribution >= 0.6 is 0 Å². The fraction of sp³-hybridized carbons (Fsp3) is 0.480. The van der Waals surface area contributed by atoms with Gasteiger partial charge < -0.3 is 15.2 Å². The summed E-state index contributed by atoms with van der Waals surface area (Å²) in [7, 11) is 0. The van der Waals surface area contributed by atoms with E-state index >= 15 is 0 Å². The number of carbonyl (C=O) groups excluding carboxylic acids is 1. The molecule has 0 aliphatic carbocycles. The van der Waals surface area contributed by atoms with E-state index in [9.17, 15) is 14.7 Å². The molecular formula is C25H34N2O4. The van der Waals surface area contributed by atoms with Crippen LogP contribution in [0.3, 0.4) is 0 Å². The molecule has 0 saturated carbocycles. The first-order valence-corrected chi connectivity index (χ1v) is 11.3. The van der Waals surface area contributed by atoms with Crippen molar-refractivity contribution in [3.05, 3.63) is 53.7 Å². The predicted molar refractivity (Wildman–Crippen MR) is 123 cm³/mol. The van der Waals surface area contributed by atoms with Gasteiger partial charge in [0.15, 0.2) is 0 Å². The van der Waals surface area contributed by atoms with Gasteiger partial charge in [0.2, 0.25) is 5.88 Å². The minimum absolute atomic E-state index is 0.0447. The number of amides is 1. The highest BCUT2D eigenvalue weighted by Crippen LogP contribution is 2.22. The zero-order chi connectivity index (χ0) is 22.3. The Morgan fingerprint density at radius 2 is 1.48 bits per heavy atom. The molecule has 1 amide bonds. The highest BCUT2D eigenvalue weighted by Gasteiger charge is 2.17. The minimum atomic E-state index is -1.14. The standard InChI is InChI=1S/C25H34N2O4/c1-2-3-4-5-6-7-8-9-10-13-19-31-24-22(17-14-18-26-24)27-23(28)20-15-11-12-16-21(20)25(29)30/h11-12,14-18H,2-10,13,19H2,1H3,(H,27,28)(H,29,30). The van der Waals surface area contributed by atoms with Gasteiger partial charge in [-0.1, -0.05) is 76.8 Å². The highest BCUT2D eigenvalue weighted by atomic mass is 16.5. The van der Waals surface area contributed by atoms with Crippen molar-refractivity contribution in [2.24, 2.45) is 0 Å². The fourth-order valence-electron chi connectivity index (χ4n) is 3.42. The summed E-state index contributed by atoms with van der Waals surface area (Å²) in [4.78, 5) is 28.2. The van der Waals surface area contributed by atoms with Crippen molar-refractivity contribution in [3.8, 4) is 5.88 Å². The first-order valence-electron chi connectivity index (χ1n) is 11.3. The van der Waals surface area contributed by atoms with Crippen LogP contribution in [0, 0.1) is 0 Å². The zero-order valence-corrected chi connectivity index (χ0v) is 18.4. The fourth-order valence-corrected chi connectivity index (χ4v) is 3.42. The third-order valence-electron chi connectivity index (χ3n) is 5.16. The lowest BCUT2D eigenvalue weighted by Crippen LogP contribution is -2.17. The van der Waals surface area contributed by atoms with Crippen LogP contribution in [0.25, 0.3) is 0 Å². The van der Waals surface area contributed by atoms with Crippen molar-refractivity contribution in [3.63, 3.8) is 0 Å². The molecule has 1 aromatic heterocycles. The second kappa shape index (κ2) is 14.2. The number of benzene rings is 1. The van der Waals surface area contributed by atoms with Gasteiger partial charge in [-0.25, -0.2) is 9.78 Å². The maximum absolute atomic E-state index is 12.6. The van der Waals surface area contributed by atoms with E-state index in [1.807, 2.05) is 0 Å². The summed E-state index contributed by atoms with van der Waals surface area (Å²) in [6.07, 6.45) is 14.1. The average Bonchev–Trinajstić information content (AvgIpc) is 2.78. The number of hydrogen-bond donors (Lipinski definition) is 2. The molecular weight excluding hydrogens is 392 g/mol. The number of nitrogens with one attached hydrogen (secondary N) is 1. The molecule has 6 heteroatoms. The Morgan fingerprint density at radius 3 is 2.13 bits per heavy atom. The first kappa shape index (κ1) is 24.4. The van der Waals surface area contributed by atoms with Crippen LogP contribution in [0.5, 0.6) is 5.88 Å². The summed E-state index contributed by atoms with van der Waals surface area (Å²) in [6, 6.07) is 9.51. The topological polar surface area (TPSA) is 88.5 Å². The summed E-state index contributed by atoms with van der Waals surface area (Å²) < 4.78 is 5.78. The van der Waals surface area contributed by atoms with Crippen LogP contribution in [0.2, 0.25) is 0 Å². The van der Waals surface area contributed by atoms with Crippen molar-refractivity contribution in [1.29, 1.82) is 0 Å². The van der Waals surface area contributed by atoms with Crippen molar-refractivity contribution in [2.45, 2.75) is 71.1 Å². The lowest BCUT2D eigenvalue weighted by atomic mass is 10.1. The lowest BCUT2D eigenvalue weighted by molar-refractivity contribution is 0.0692. The molecule has 31 heavy (non-hydrogen) atoms. The van der Waals surface area contributed by atoms with Crippen LogP contribution in [0.4, 0.5) is 5.69 Å². The Bertz CT molecular complexity index is 823. The summed E-state index contributed by atoms with van der Waals surface area (Å²) in [6.45, 7) is 2.77. The third-order valence-corrected chi connectivity index (χ3v) is 5.16. The monoisotopic (exact) mass is 426 g/mol. The molecule has 2 N–H and O–H groups in total. The number of pyridine rings is 1. The molecule has 0 aliphatic heterocycles. The number of carboxylic acids is 1. The number of hydrogen-bond acceptors (Lipinski definition) is 4. The van der Waals surface area contributed by atoms with E-state index < -0.39 is 11.9 Å². The largest absolute Gasteiger partial charge is 0.478 e. The number of carbonyl (C=O) groups is 2. The van der Waals surface area contributed by atoms with Crippen molar-refractivity contribution >= 4 is 17.6 Å². The normalized spacial score (nSPS) is 10.6. The number of anilines is 1. The van der Waals surface area contributed by atoms with Gasteiger partial charge in [0.05, 0.1) is 17.7 Å². The predicted octanol–water partition coefficient (Wildman–Crippen LogP) is 6.33. The van der Waals surface area contributed by atoms with E-state index in [1.165, 1.54) is 63.5 Å². The highest BCUT2D eigenvalue weighted by molar-refractivity contribution is 6.11. The number of rotatable bonds is 15. The molecule has 0 aliphatic rings. The second-order valence-corrected chi connectivity index (χ2v) is 7.69. The van der Waals surface area contributed by atoms with E-state index in [2.05, 4.69) is 17.2 Å². The molecule has 0 atom stereocenters. The number of aromatic carboxylic acids is 1. The molecule has 2 rings (SSSR count). The summed E-state index contributed by atoms with van der Waals surface area (Å²) in [5, 5.41) is 12.0. The molecule has 168 valence electrons. The molecule has 0 unspecified atom stereocenters. The minimum Gasteiger partial charge on any atom is -0.478 e. The smallest absolute Gasteiger partial charge is 0.336 e. The number of ether oxygens (including phenoxy) is 1. The third kappa shape index (κ3) is 8.79. The van der Waals surface area contributed by atoms with E-state index in [1.54, 1.807) is 30.5 Å². The summed E-state index contributed by atoms with van der Waals surface area (Å²) in [5.74, 6) is -1.30. The average molecular weight is 427 g/mol. The Hall–Kier alpha value is -2.89. The maximum Gasteiger partial charge on any atom is 0.336 e. The van der Waals surface area contributed by atoms with Crippen molar-refractivity contribution in [1.82, 2.24) is 4.98 Å². The molecule has 6 nitrogen and oxygen atoms in total. The van der Waals surface area contributed by atoms with Crippen molar-refractivity contribution < 1.29 is 19.4 Å². The van der Waals surface area contributed by atoms with Crippen LogP contribution in [-0.2, 0) is 0 Å². The van der Waals surface area contributed by atoms with Crippen LogP contribution in [0.1, 0.15) is 91.8 Å². The van der Waals surface area contributed by atoms with Gasteiger partial charge >= 0.3 is 5.97 Å². The quantitative estimate of drug-likeness (QED) is 0.325. The number of unbranched alkanes of at least 4 members (excludes halogenated alkanes) is 9. The summed E-state index contributed by atoms with van der Waals surface area (Å²) >= 11 is 0. The molecule has 0 radical (unpaired) electrons. The van der Waals surface area contributed by atoms with Crippen LogP contribution in [0.15, 0.2) is 42.6 Å². The Labute approximate surface area is 185 Å². The molecule has 0 bridgehead atoms. The van der Waals surface area contributed by atoms with Gasteiger partial charge in [0.25, 0.3) is 5.91 Å². The van der Waals surface area contributed by atoms with Crippen LogP contribution in [-0.4, -0.2) is 28.6 Å². The van der Waals surface area contributed by atoms with Gasteiger partial charge in [-0.05, 0) is 30.7 Å². The second-order valence-electron chi connectivity index (χ2n) is 7.69. The van der Waals surface area contributed by atoms with E-state index in [4.69, 9.17) is 4.74 Å². The molecule has 0 saturated heterocycles. The maximum atomic E-state index is 12.6. The van der Waals surface area contributed by atoms with Gasteiger partial charge in [0.1, 0.15) is 5.69 Å². The SMILES string of the molecule is CCCCCCCCCCCCOc1ncccc1NC(=O)c1ccccc1C(=O)O. The van der Waals surface area contributed by atoms with Gasteiger partial charge in [0, 0.05) is 6.20 Å². The van der Waals surface area contributed by atoms with Crippen LogP contribution < -0.4 is 10.1 Å². The number of carboxylic acid groups (broad SMARTS) is 1. The number of aromatic nitrogens is 1. The number of nitrogens with zero attached hydrogens (tertiary/aromatic N) is 1. The molecule has 1 aromatic carbocycles. The summed E-state index contributed by atoms with van der Waals surface area (Å²) in [5.41, 5.74) is 0.482. The molecule has 0 fully saturated rings. The van der Waals surface area contributed by atoms with Gasteiger partial charge in [-0.2, -0.15) is 0 Å². The molecule has 1 heterocycles. The van der Waals surface area contributed by atoms with Crippen molar-refractivity contribution in [2.75, 3.05) is 11.9 Å². The molecule has 2 aromatic rings. The Balaban J connectivity index is 1.75. The first-order chi connectivity index (χ1) is 15.1. The van der Waals surface area contributed by atoms with E-state index in [-0.39, 0.29) is 11.1 Å². The van der Waals surface area contributed by atoms with E-state index in [0.29, 0.717) is 18.2 Å².